The zero-order valence-electron chi connectivity index (χ0n) is 20.1. The second-order valence-electron chi connectivity index (χ2n) is 8.25. The van der Waals surface area contributed by atoms with E-state index in [0.717, 1.165) is 16.6 Å². The molecule has 4 rings (SSSR count). The largest absolute Gasteiger partial charge is 0.334 e. The first kappa shape index (κ1) is 24.5. The number of fused-ring (bicyclic) bond motifs is 2. The van der Waals surface area contributed by atoms with E-state index in [2.05, 4.69) is 15.0 Å². The van der Waals surface area contributed by atoms with Crippen LogP contribution in [0, 0.1) is 6.92 Å². The molecule has 4 aromatic rings. The third-order valence-corrected chi connectivity index (χ3v) is 8.00. The van der Waals surface area contributed by atoms with Gasteiger partial charge in [0.1, 0.15) is 5.82 Å². The molecule has 10 heteroatoms. The molecule has 9 nitrogen and oxygen atoms in total. The number of rotatable bonds is 7. The monoisotopic (exact) mass is 493 g/mol. The van der Waals surface area contributed by atoms with E-state index in [4.69, 9.17) is 0 Å². The van der Waals surface area contributed by atoms with Gasteiger partial charge in [0.05, 0.1) is 22.5 Å². The SMILES string of the molecule is CCN(CC)S(=O)(=O)c1ccc2[nH]c(=O)cc(C(=O)N(C)Cc3nc(C)c4ccccc4n3)c2c1. The summed E-state index contributed by atoms with van der Waals surface area (Å²) in [5, 5.41) is 1.29. The van der Waals surface area contributed by atoms with Crippen LogP contribution in [0.25, 0.3) is 21.8 Å². The van der Waals surface area contributed by atoms with Gasteiger partial charge in [-0.15, -0.1) is 0 Å². The minimum Gasteiger partial charge on any atom is -0.334 e. The highest BCUT2D eigenvalue weighted by atomic mass is 32.2. The number of hydrogen-bond acceptors (Lipinski definition) is 6. The molecule has 0 bridgehead atoms. The zero-order chi connectivity index (χ0) is 25.3. The van der Waals surface area contributed by atoms with Gasteiger partial charge in [0.15, 0.2) is 0 Å². The Labute approximate surface area is 203 Å². The van der Waals surface area contributed by atoms with Crippen LogP contribution < -0.4 is 5.56 Å². The molecule has 0 saturated heterocycles. The summed E-state index contributed by atoms with van der Waals surface area (Å²) in [6, 6.07) is 13.2. The fourth-order valence-electron chi connectivity index (χ4n) is 4.14. The lowest BCUT2D eigenvalue weighted by atomic mass is 10.1. The van der Waals surface area contributed by atoms with Crippen LogP contribution >= 0.6 is 0 Å². The summed E-state index contributed by atoms with van der Waals surface area (Å²) < 4.78 is 27.4. The molecule has 0 saturated carbocycles. The molecule has 0 aliphatic rings. The van der Waals surface area contributed by atoms with E-state index in [0.29, 0.717) is 29.8 Å². The molecule has 1 N–H and O–H groups in total. The average Bonchev–Trinajstić information content (AvgIpc) is 2.83. The van der Waals surface area contributed by atoms with Crippen molar-refractivity contribution in [2.75, 3.05) is 20.1 Å². The maximum atomic E-state index is 13.4. The molecule has 0 fully saturated rings. The summed E-state index contributed by atoms with van der Waals surface area (Å²) in [6.07, 6.45) is 0. The fraction of sp³-hybridized carbons (Fsp3) is 0.280. The molecular weight excluding hydrogens is 466 g/mol. The van der Waals surface area contributed by atoms with Crippen LogP contribution in [-0.4, -0.2) is 58.6 Å². The topological polar surface area (TPSA) is 116 Å². The van der Waals surface area contributed by atoms with Crippen molar-refractivity contribution in [1.29, 1.82) is 0 Å². The van der Waals surface area contributed by atoms with Gasteiger partial charge in [-0.05, 0) is 31.2 Å². The molecule has 0 atom stereocenters. The Hall–Kier alpha value is -3.63. The van der Waals surface area contributed by atoms with Gasteiger partial charge in [0.25, 0.3) is 5.91 Å². The van der Waals surface area contributed by atoms with Crippen LogP contribution in [0.2, 0.25) is 0 Å². The zero-order valence-corrected chi connectivity index (χ0v) is 20.9. The molecular formula is C25H27N5O4S. The van der Waals surface area contributed by atoms with Gasteiger partial charge in [-0.25, -0.2) is 18.4 Å². The maximum absolute atomic E-state index is 13.4. The van der Waals surface area contributed by atoms with Crippen LogP contribution in [-0.2, 0) is 16.6 Å². The first-order valence-corrected chi connectivity index (χ1v) is 12.7. The predicted molar refractivity (Wildman–Crippen MR) is 135 cm³/mol. The van der Waals surface area contributed by atoms with Crippen molar-refractivity contribution in [3.63, 3.8) is 0 Å². The minimum absolute atomic E-state index is 0.0611. The number of aryl methyl sites for hydroxylation is 1. The number of nitrogens with one attached hydrogen (secondary N) is 1. The van der Waals surface area contributed by atoms with Crippen LogP contribution in [0.3, 0.4) is 0 Å². The molecule has 35 heavy (non-hydrogen) atoms. The van der Waals surface area contributed by atoms with Crippen molar-refractivity contribution < 1.29 is 13.2 Å². The Morgan fingerprint density at radius 1 is 1.00 bits per heavy atom. The molecule has 0 aliphatic carbocycles. The summed E-state index contributed by atoms with van der Waals surface area (Å²) in [7, 11) is -2.15. The van der Waals surface area contributed by atoms with Crippen LogP contribution in [0.5, 0.6) is 0 Å². The van der Waals surface area contributed by atoms with Crippen LogP contribution in [0.15, 0.2) is 58.2 Å². The molecule has 0 unspecified atom stereocenters. The average molecular weight is 494 g/mol. The first-order valence-electron chi connectivity index (χ1n) is 11.3. The van der Waals surface area contributed by atoms with Gasteiger partial charge < -0.3 is 9.88 Å². The van der Waals surface area contributed by atoms with Gasteiger partial charge in [0, 0.05) is 48.2 Å². The predicted octanol–water partition coefficient (Wildman–Crippen LogP) is 3.08. The molecule has 182 valence electrons. The van der Waals surface area contributed by atoms with E-state index in [1.165, 1.54) is 33.5 Å². The number of aromatic nitrogens is 3. The third kappa shape index (κ3) is 4.67. The lowest BCUT2D eigenvalue weighted by Crippen LogP contribution is -2.31. The van der Waals surface area contributed by atoms with Crippen molar-refractivity contribution in [2.45, 2.75) is 32.2 Å². The number of para-hydroxylation sites is 1. The summed E-state index contributed by atoms with van der Waals surface area (Å²) in [4.78, 5) is 39.0. The molecule has 0 radical (unpaired) electrons. The molecule has 0 spiro atoms. The van der Waals surface area contributed by atoms with Crippen molar-refractivity contribution in [1.82, 2.24) is 24.2 Å². The molecule has 1 amide bonds. The van der Waals surface area contributed by atoms with E-state index < -0.39 is 21.5 Å². The highest BCUT2D eigenvalue weighted by molar-refractivity contribution is 7.89. The standard InChI is InChI=1S/C25H27N5O4S/c1-5-30(6-2)35(33,34)17-11-12-22-19(13-17)20(14-24(31)28-22)25(32)29(4)15-23-26-16(3)18-9-7-8-10-21(18)27-23/h7-14H,5-6,15H2,1-4H3,(H,28,31). The Morgan fingerprint density at radius 3 is 2.43 bits per heavy atom. The summed E-state index contributed by atoms with van der Waals surface area (Å²) in [5.74, 6) is 0.0314. The number of pyridine rings is 1. The Balaban J connectivity index is 1.74. The van der Waals surface area contributed by atoms with Crippen LogP contribution in [0.4, 0.5) is 0 Å². The lowest BCUT2D eigenvalue weighted by Gasteiger charge is -2.20. The smallest absolute Gasteiger partial charge is 0.254 e. The molecule has 0 aliphatic heterocycles. The normalized spacial score (nSPS) is 11.9. The highest BCUT2D eigenvalue weighted by Crippen LogP contribution is 2.24. The van der Waals surface area contributed by atoms with E-state index in [9.17, 15) is 18.0 Å². The second-order valence-corrected chi connectivity index (χ2v) is 10.2. The minimum atomic E-state index is -3.74. The Bertz CT molecular complexity index is 1590. The van der Waals surface area contributed by atoms with Gasteiger partial charge >= 0.3 is 0 Å². The Morgan fingerprint density at radius 2 is 1.71 bits per heavy atom. The number of nitrogens with zero attached hydrogens (tertiary/aromatic N) is 4. The van der Waals surface area contributed by atoms with E-state index in [1.807, 2.05) is 31.2 Å². The molecule has 2 heterocycles. The number of carbonyl (C=O) groups is 1. The van der Waals surface area contributed by atoms with E-state index >= 15 is 0 Å². The molecule has 2 aromatic heterocycles. The van der Waals surface area contributed by atoms with Gasteiger partial charge in [0.2, 0.25) is 15.6 Å². The van der Waals surface area contributed by atoms with Crippen molar-refractivity contribution in [3.8, 4) is 0 Å². The van der Waals surface area contributed by atoms with Gasteiger partial charge in [-0.1, -0.05) is 32.0 Å². The number of carbonyl (C=O) groups excluding carboxylic acids is 1. The highest BCUT2D eigenvalue weighted by Gasteiger charge is 2.24. The summed E-state index contributed by atoms with van der Waals surface area (Å²) in [6.45, 7) is 6.18. The number of amides is 1. The third-order valence-electron chi connectivity index (χ3n) is 5.95. The van der Waals surface area contributed by atoms with Crippen molar-refractivity contribution in [3.05, 3.63) is 76.0 Å². The number of benzene rings is 2. The summed E-state index contributed by atoms with van der Waals surface area (Å²) >= 11 is 0. The number of aromatic amines is 1. The fourth-order valence-corrected chi connectivity index (χ4v) is 5.62. The molecule has 2 aromatic carbocycles. The summed E-state index contributed by atoms with van der Waals surface area (Å²) in [5.41, 5.74) is 1.63. The number of hydrogen-bond donors (Lipinski definition) is 1. The number of sulfonamides is 1. The van der Waals surface area contributed by atoms with Crippen LogP contribution in [0.1, 0.15) is 35.7 Å². The van der Waals surface area contributed by atoms with E-state index in [-0.39, 0.29) is 17.0 Å². The first-order chi connectivity index (χ1) is 16.6. The number of H-pyrrole nitrogens is 1. The quantitative estimate of drug-likeness (QED) is 0.423. The van der Waals surface area contributed by atoms with Crippen molar-refractivity contribution >= 4 is 37.7 Å². The van der Waals surface area contributed by atoms with Gasteiger partial charge in [-0.3, -0.25) is 9.59 Å². The maximum Gasteiger partial charge on any atom is 0.254 e. The lowest BCUT2D eigenvalue weighted by molar-refractivity contribution is 0.0783. The van der Waals surface area contributed by atoms with Crippen molar-refractivity contribution in [2.24, 2.45) is 0 Å². The van der Waals surface area contributed by atoms with Gasteiger partial charge in [-0.2, -0.15) is 4.31 Å². The van der Waals surface area contributed by atoms with E-state index in [1.54, 1.807) is 20.9 Å². The second kappa shape index (κ2) is 9.55. The Kier molecular flexibility index (Phi) is 6.68.